The van der Waals surface area contributed by atoms with Gasteiger partial charge in [-0.1, -0.05) is 6.92 Å². The fourth-order valence-electron chi connectivity index (χ4n) is 2.65. The van der Waals surface area contributed by atoms with Gasteiger partial charge < -0.3 is 5.32 Å². The summed E-state index contributed by atoms with van der Waals surface area (Å²) in [7, 11) is 0. The van der Waals surface area contributed by atoms with E-state index in [1.54, 1.807) is 0 Å². The number of aromatic nitrogens is 1. The summed E-state index contributed by atoms with van der Waals surface area (Å²) in [6.07, 6.45) is 6.58. The van der Waals surface area contributed by atoms with Crippen LogP contribution in [-0.2, 0) is 6.54 Å². The van der Waals surface area contributed by atoms with Gasteiger partial charge in [0, 0.05) is 25.5 Å². The second-order valence-corrected chi connectivity index (χ2v) is 5.34. The van der Waals surface area contributed by atoms with Crippen molar-refractivity contribution in [3.8, 4) is 0 Å². The minimum Gasteiger partial charge on any atom is -0.316 e. The van der Waals surface area contributed by atoms with Crippen molar-refractivity contribution in [2.75, 3.05) is 26.2 Å². The fourth-order valence-corrected chi connectivity index (χ4v) is 2.65. The molecule has 1 aliphatic heterocycles. The minimum absolute atomic E-state index is 0.815. The lowest BCUT2D eigenvalue weighted by Gasteiger charge is -2.29. The highest BCUT2D eigenvalue weighted by atomic mass is 15.1. The molecule has 0 radical (unpaired) electrons. The Balaban J connectivity index is 1.90. The largest absolute Gasteiger partial charge is 0.316 e. The van der Waals surface area contributed by atoms with E-state index in [-0.39, 0.29) is 0 Å². The summed E-state index contributed by atoms with van der Waals surface area (Å²) in [4.78, 5) is 6.78. The van der Waals surface area contributed by atoms with Crippen LogP contribution in [0.4, 0.5) is 0 Å². The zero-order chi connectivity index (χ0) is 12.8. The average Bonchev–Trinajstić information content (AvgIpc) is 2.41. The third-order valence-corrected chi connectivity index (χ3v) is 3.90. The summed E-state index contributed by atoms with van der Waals surface area (Å²) in [5.74, 6) is 0.815. The molecule has 0 aliphatic carbocycles. The third-order valence-electron chi connectivity index (χ3n) is 3.90. The Morgan fingerprint density at radius 1 is 1.50 bits per heavy atom. The van der Waals surface area contributed by atoms with Crippen LogP contribution in [0.3, 0.4) is 0 Å². The Morgan fingerprint density at radius 2 is 2.39 bits per heavy atom. The van der Waals surface area contributed by atoms with Crippen molar-refractivity contribution < 1.29 is 0 Å². The predicted molar refractivity (Wildman–Crippen MR) is 75.5 cm³/mol. The van der Waals surface area contributed by atoms with E-state index in [0.29, 0.717) is 0 Å². The lowest BCUT2D eigenvalue weighted by Crippen LogP contribution is -2.38. The molecule has 1 aromatic heterocycles. The van der Waals surface area contributed by atoms with Crippen molar-refractivity contribution in [2.24, 2.45) is 5.92 Å². The van der Waals surface area contributed by atoms with Gasteiger partial charge in [-0.15, -0.1) is 0 Å². The van der Waals surface area contributed by atoms with Crippen LogP contribution in [0.25, 0.3) is 0 Å². The first-order chi connectivity index (χ1) is 8.79. The first-order valence-corrected chi connectivity index (χ1v) is 7.12. The minimum atomic E-state index is 0.815. The van der Waals surface area contributed by atoms with Gasteiger partial charge >= 0.3 is 0 Å². The van der Waals surface area contributed by atoms with Crippen molar-refractivity contribution in [2.45, 2.75) is 33.2 Å². The van der Waals surface area contributed by atoms with E-state index in [1.807, 2.05) is 12.4 Å². The van der Waals surface area contributed by atoms with Gasteiger partial charge in [-0.3, -0.25) is 9.88 Å². The Kier molecular flexibility index (Phi) is 5.14. The number of hydrogen-bond donors (Lipinski definition) is 1. The molecular weight excluding hydrogens is 222 g/mol. The Hall–Kier alpha value is -0.930. The second kappa shape index (κ2) is 6.86. The number of aryl methyl sites for hydroxylation is 1. The first kappa shape index (κ1) is 13.5. The first-order valence-electron chi connectivity index (χ1n) is 7.12. The van der Waals surface area contributed by atoms with Gasteiger partial charge in [-0.2, -0.15) is 0 Å². The SMILES string of the molecule is CCN(Cc1cnccc1C)CC1CCCNC1. The summed E-state index contributed by atoms with van der Waals surface area (Å²) >= 11 is 0. The van der Waals surface area contributed by atoms with E-state index in [4.69, 9.17) is 0 Å². The normalized spacial score (nSPS) is 20.3. The van der Waals surface area contributed by atoms with E-state index in [9.17, 15) is 0 Å². The highest BCUT2D eigenvalue weighted by molar-refractivity contribution is 5.21. The predicted octanol–water partition coefficient (Wildman–Crippen LogP) is 2.21. The molecule has 2 rings (SSSR count). The van der Waals surface area contributed by atoms with Crippen LogP contribution >= 0.6 is 0 Å². The summed E-state index contributed by atoms with van der Waals surface area (Å²) < 4.78 is 0. The van der Waals surface area contributed by atoms with Gasteiger partial charge in [-0.05, 0) is 62.5 Å². The molecule has 3 heteroatoms. The molecule has 1 N–H and O–H groups in total. The number of pyridine rings is 1. The van der Waals surface area contributed by atoms with E-state index < -0.39 is 0 Å². The van der Waals surface area contributed by atoms with E-state index >= 15 is 0 Å². The maximum absolute atomic E-state index is 4.24. The van der Waals surface area contributed by atoms with Crippen LogP contribution in [-0.4, -0.2) is 36.1 Å². The molecular formula is C15H25N3. The summed E-state index contributed by atoms with van der Waals surface area (Å²) in [5, 5.41) is 3.50. The molecule has 18 heavy (non-hydrogen) atoms. The molecule has 1 unspecified atom stereocenters. The van der Waals surface area contributed by atoms with Crippen molar-refractivity contribution >= 4 is 0 Å². The Morgan fingerprint density at radius 3 is 3.06 bits per heavy atom. The average molecular weight is 247 g/mol. The van der Waals surface area contributed by atoms with Crippen molar-refractivity contribution in [1.29, 1.82) is 0 Å². The fraction of sp³-hybridized carbons (Fsp3) is 0.667. The van der Waals surface area contributed by atoms with Crippen LogP contribution in [0.15, 0.2) is 18.5 Å². The van der Waals surface area contributed by atoms with Gasteiger partial charge in [0.1, 0.15) is 0 Å². The molecule has 1 saturated heterocycles. The molecule has 0 aromatic carbocycles. The summed E-state index contributed by atoms with van der Waals surface area (Å²) in [6.45, 7) is 10.2. The van der Waals surface area contributed by atoms with Crippen molar-refractivity contribution in [3.63, 3.8) is 0 Å². The molecule has 1 fully saturated rings. The standard InChI is InChI=1S/C15H25N3/c1-3-18(11-14-5-4-7-16-9-14)12-15-10-17-8-6-13(15)2/h6,8,10,14,16H,3-5,7,9,11-12H2,1-2H3. The summed E-state index contributed by atoms with van der Waals surface area (Å²) in [6, 6.07) is 2.10. The molecule has 1 atom stereocenters. The zero-order valence-corrected chi connectivity index (χ0v) is 11.7. The third kappa shape index (κ3) is 3.79. The second-order valence-electron chi connectivity index (χ2n) is 5.34. The highest BCUT2D eigenvalue weighted by Crippen LogP contribution is 2.15. The van der Waals surface area contributed by atoms with Crippen LogP contribution in [0.1, 0.15) is 30.9 Å². The Labute approximate surface area is 111 Å². The van der Waals surface area contributed by atoms with Crippen LogP contribution in [0.2, 0.25) is 0 Å². The number of rotatable bonds is 5. The molecule has 3 nitrogen and oxygen atoms in total. The molecule has 0 spiro atoms. The topological polar surface area (TPSA) is 28.2 Å². The zero-order valence-electron chi connectivity index (χ0n) is 11.7. The van der Waals surface area contributed by atoms with E-state index in [0.717, 1.165) is 19.0 Å². The molecule has 1 aromatic rings. The van der Waals surface area contributed by atoms with Gasteiger partial charge in [0.15, 0.2) is 0 Å². The van der Waals surface area contributed by atoms with E-state index in [2.05, 4.69) is 35.1 Å². The van der Waals surface area contributed by atoms with Crippen LogP contribution < -0.4 is 5.32 Å². The van der Waals surface area contributed by atoms with Crippen molar-refractivity contribution in [3.05, 3.63) is 29.6 Å². The molecule has 0 saturated carbocycles. The highest BCUT2D eigenvalue weighted by Gasteiger charge is 2.16. The smallest absolute Gasteiger partial charge is 0.0315 e. The van der Waals surface area contributed by atoms with E-state index in [1.165, 1.54) is 43.6 Å². The van der Waals surface area contributed by atoms with Crippen LogP contribution in [0, 0.1) is 12.8 Å². The Bertz CT molecular complexity index is 359. The van der Waals surface area contributed by atoms with Crippen molar-refractivity contribution in [1.82, 2.24) is 15.2 Å². The number of hydrogen-bond acceptors (Lipinski definition) is 3. The maximum atomic E-state index is 4.24. The van der Waals surface area contributed by atoms with Gasteiger partial charge in [0.05, 0.1) is 0 Å². The van der Waals surface area contributed by atoms with Gasteiger partial charge in [0.25, 0.3) is 0 Å². The molecule has 100 valence electrons. The summed E-state index contributed by atoms with van der Waals surface area (Å²) in [5.41, 5.74) is 2.72. The molecule has 1 aliphatic rings. The number of nitrogens with zero attached hydrogens (tertiary/aromatic N) is 2. The van der Waals surface area contributed by atoms with Crippen LogP contribution in [0.5, 0.6) is 0 Å². The maximum Gasteiger partial charge on any atom is 0.0315 e. The molecule has 2 heterocycles. The number of piperidine rings is 1. The molecule has 0 amide bonds. The monoisotopic (exact) mass is 247 g/mol. The lowest BCUT2D eigenvalue weighted by molar-refractivity contribution is 0.209. The number of nitrogens with one attached hydrogen (secondary N) is 1. The van der Waals surface area contributed by atoms with Gasteiger partial charge in [-0.25, -0.2) is 0 Å². The van der Waals surface area contributed by atoms with Gasteiger partial charge in [0.2, 0.25) is 0 Å². The quantitative estimate of drug-likeness (QED) is 0.864. The lowest BCUT2D eigenvalue weighted by atomic mass is 9.99. The molecule has 0 bridgehead atoms.